The summed E-state index contributed by atoms with van der Waals surface area (Å²) in [6, 6.07) is 0. The predicted octanol–water partition coefficient (Wildman–Crippen LogP) is 2.70. The van der Waals surface area contributed by atoms with E-state index in [-0.39, 0.29) is 0 Å². The van der Waals surface area contributed by atoms with Crippen LogP contribution in [0.5, 0.6) is 0 Å². The summed E-state index contributed by atoms with van der Waals surface area (Å²) in [6.07, 6.45) is 3.40. The molecule has 0 fully saturated rings. The highest BCUT2D eigenvalue weighted by Gasteiger charge is 2.04. The van der Waals surface area contributed by atoms with Gasteiger partial charge in [0.1, 0.15) is 0 Å². The van der Waals surface area contributed by atoms with E-state index in [4.69, 9.17) is 4.74 Å². The largest absolute Gasteiger partial charge is 0.462 e. The van der Waals surface area contributed by atoms with Gasteiger partial charge in [0.15, 0.2) is 0 Å². The molecule has 0 aromatic carbocycles. The molecule has 0 aromatic heterocycles. The summed E-state index contributed by atoms with van der Waals surface area (Å²) in [4.78, 5) is 15.4. The summed E-state index contributed by atoms with van der Waals surface area (Å²) >= 11 is 0. The number of ether oxygens (including phenoxy) is 1. The Morgan fingerprint density at radius 2 is 1.65 bits per heavy atom. The second kappa shape index (κ2) is 12.5. The van der Waals surface area contributed by atoms with Gasteiger partial charge in [-0.05, 0) is 33.2 Å². The lowest BCUT2D eigenvalue weighted by Gasteiger charge is -2.21. The molecule has 0 radical (unpaired) electrons. The van der Waals surface area contributed by atoms with E-state index in [9.17, 15) is 4.79 Å². The zero-order valence-corrected chi connectivity index (χ0v) is 13.9. The first kappa shape index (κ1) is 20.8. The van der Waals surface area contributed by atoms with Gasteiger partial charge in [-0.3, -0.25) is 0 Å². The number of hydrogen-bond donors (Lipinski definition) is 0. The molecule has 0 amide bonds. The third-order valence-electron chi connectivity index (χ3n) is 2.39. The number of allylic oxidation sites excluding steroid dienone is 1. The smallest absolute Gasteiger partial charge is 0.337 e. The lowest BCUT2D eigenvalue weighted by Crippen LogP contribution is -2.27. The van der Waals surface area contributed by atoms with Crippen molar-refractivity contribution in [2.45, 2.75) is 20.8 Å². The summed E-state index contributed by atoms with van der Waals surface area (Å²) in [5.41, 5.74) is 1.17. The minimum absolute atomic E-state index is 0.332. The molecule has 0 aliphatic carbocycles. The molecule has 0 saturated heterocycles. The maximum absolute atomic E-state index is 11.3. The van der Waals surface area contributed by atoms with Crippen LogP contribution in [0.25, 0.3) is 0 Å². The monoisotopic (exact) mass is 282 g/mol. The Morgan fingerprint density at radius 3 is 2.10 bits per heavy atom. The molecule has 0 aliphatic rings. The third kappa shape index (κ3) is 10.4. The highest BCUT2D eigenvalue weighted by atomic mass is 16.5. The normalized spacial score (nSPS) is 9.95. The van der Waals surface area contributed by atoms with Crippen molar-refractivity contribution >= 4 is 5.97 Å². The summed E-state index contributed by atoms with van der Waals surface area (Å²) in [6.45, 7) is 15.5. The number of carbonyl (C=O) groups is 1. The Balaban J connectivity index is 0. The van der Waals surface area contributed by atoms with Crippen LogP contribution in [0.15, 0.2) is 36.6 Å². The molecule has 4 heteroatoms. The topological polar surface area (TPSA) is 32.8 Å². The molecule has 0 unspecified atom stereocenters. The Bertz CT molecular complexity index is 333. The maximum Gasteiger partial charge on any atom is 0.337 e. The van der Waals surface area contributed by atoms with Crippen molar-refractivity contribution in [1.29, 1.82) is 0 Å². The molecule has 20 heavy (non-hydrogen) atoms. The summed E-state index contributed by atoms with van der Waals surface area (Å²) in [5.74, 6) is -0.391. The summed E-state index contributed by atoms with van der Waals surface area (Å²) in [7, 11) is 6.01. The minimum Gasteiger partial charge on any atom is -0.462 e. The van der Waals surface area contributed by atoms with Crippen LogP contribution in [-0.2, 0) is 9.53 Å². The third-order valence-corrected chi connectivity index (χ3v) is 2.39. The zero-order valence-electron chi connectivity index (χ0n) is 13.9. The molecule has 0 bridgehead atoms. The van der Waals surface area contributed by atoms with Gasteiger partial charge in [-0.1, -0.05) is 27.0 Å². The first-order chi connectivity index (χ1) is 9.38. The molecule has 0 atom stereocenters. The fourth-order valence-electron chi connectivity index (χ4n) is 1.11. The van der Waals surface area contributed by atoms with Gasteiger partial charge in [0.25, 0.3) is 0 Å². The van der Waals surface area contributed by atoms with Crippen molar-refractivity contribution < 1.29 is 9.53 Å². The molecule has 0 aliphatic heterocycles. The molecule has 0 N–H and O–H groups in total. The van der Waals surface area contributed by atoms with Crippen molar-refractivity contribution in [3.05, 3.63) is 36.6 Å². The number of rotatable bonds is 8. The van der Waals surface area contributed by atoms with Gasteiger partial charge in [0.2, 0.25) is 0 Å². The number of esters is 1. The van der Waals surface area contributed by atoms with Gasteiger partial charge >= 0.3 is 5.97 Å². The van der Waals surface area contributed by atoms with Gasteiger partial charge in [0, 0.05) is 25.8 Å². The number of carbonyl (C=O) groups excluding carboxylic acids is 1. The van der Waals surface area contributed by atoms with E-state index < -0.39 is 5.97 Å². The van der Waals surface area contributed by atoms with Gasteiger partial charge in [-0.2, -0.15) is 0 Å². The highest BCUT2D eigenvalue weighted by molar-refractivity contribution is 5.90. The number of nitrogens with zero attached hydrogens (tertiary/aromatic N) is 2. The fourth-order valence-corrected chi connectivity index (χ4v) is 1.11. The van der Waals surface area contributed by atoms with Crippen LogP contribution in [0.4, 0.5) is 0 Å². The van der Waals surface area contributed by atoms with E-state index in [1.165, 1.54) is 0 Å². The van der Waals surface area contributed by atoms with Crippen LogP contribution < -0.4 is 0 Å². The second-order valence-electron chi connectivity index (χ2n) is 4.30. The van der Waals surface area contributed by atoms with Crippen molar-refractivity contribution in [1.82, 2.24) is 9.80 Å². The fraction of sp³-hybridized carbons (Fsp3) is 0.562. The van der Waals surface area contributed by atoms with E-state index in [1.54, 1.807) is 19.1 Å². The average molecular weight is 282 g/mol. The highest BCUT2D eigenvalue weighted by Crippen LogP contribution is 2.04. The van der Waals surface area contributed by atoms with E-state index in [1.807, 2.05) is 39.9 Å². The van der Waals surface area contributed by atoms with Gasteiger partial charge in [-0.25, -0.2) is 4.79 Å². The lowest BCUT2D eigenvalue weighted by atomic mass is 10.2. The molecule has 0 rings (SSSR count). The van der Waals surface area contributed by atoms with Crippen LogP contribution >= 0.6 is 0 Å². The van der Waals surface area contributed by atoms with E-state index in [2.05, 4.69) is 18.1 Å². The van der Waals surface area contributed by atoms with Crippen LogP contribution in [0, 0.1) is 0 Å². The average Bonchev–Trinajstić information content (AvgIpc) is 2.43. The predicted molar refractivity (Wildman–Crippen MR) is 86.6 cm³/mol. The van der Waals surface area contributed by atoms with Crippen molar-refractivity contribution in [2.75, 3.05) is 40.8 Å². The molecule has 0 aromatic rings. The first-order valence-electron chi connectivity index (χ1n) is 6.97. The van der Waals surface area contributed by atoms with Gasteiger partial charge < -0.3 is 14.5 Å². The van der Waals surface area contributed by atoms with Gasteiger partial charge in [-0.15, -0.1) is 0 Å². The van der Waals surface area contributed by atoms with E-state index in [0.717, 1.165) is 18.8 Å². The maximum atomic E-state index is 11.3. The molecular weight excluding hydrogens is 252 g/mol. The molecule has 0 heterocycles. The Hall–Kier alpha value is -1.55. The van der Waals surface area contributed by atoms with Crippen LogP contribution in [0.2, 0.25) is 0 Å². The van der Waals surface area contributed by atoms with Crippen LogP contribution in [0.1, 0.15) is 20.8 Å². The molecule has 4 nitrogen and oxygen atoms in total. The lowest BCUT2D eigenvalue weighted by molar-refractivity contribution is -0.138. The number of hydrogen-bond acceptors (Lipinski definition) is 4. The SMILES string of the molecule is C=C(/C=C\C(=C)N(C)CCN(C)C)C(=O)OCC.CC. The Kier molecular flexibility index (Phi) is 13.0. The van der Waals surface area contributed by atoms with Crippen LogP contribution in [-0.4, -0.2) is 56.6 Å². The quantitative estimate of drug-likeness (QED) is 0.389. The van der Waals surface area contributed by atoms with Gasteiger partial charge in [0.05, 0.1) is 12.2 Å². The molecular formula is C16H30N2O2. The first-order valence-corrected chi connectivity index (χ1v) is 6.97. The summed E-state index contributed by atoms with van der Waals surface area (Å²) in [5, 5.41) is 0. The second-order valence-corrected chi connectivity index (χ2v) is 4.30. The van der Waals surface area contributed by atoms with Crippen LogP contribution in [0.3, 0.4) is 0 Å². The Morgan fingerprint density at radius 1 is 1.10 bits per heavy atom. The van der Waals surface area contributed by atoms with E-state index >= 15 is 0 Å². The molecule has 0 spiro atoms. The zero-order chi connectivity index (χ0) is 16.1. The van der Waals surface area contributed by atoms with Crippen molar-refractivity contribution in [3.8, 4) is 0 Å². The minimum atomic E-state index is -0.391. The van der Waals surface area contributed by atoms with Crippen molar-refractivity contribution in [3.63, 3.8) is 0 Å². The standard InChI is InChI=1S/C14H24N2O2.C2H6/c1-7-18-14(17)12(2)8-9-13(3)16(6)11-10-15(4)5;1-2/h8-9H,2-3,7,10-11H2,1,4-6H3;1-2H3/b9-8-;. The number of likely N-dealkylation sites (N-methyl/N-ethyl adjacent to an activating group) is 2. The Labute approximate surface area is 124 Å². The van der Waals surface area contributed by atoms with E-state index in [0.29, 0.717) is 12.2 Å². The van der Waals surface area contributed by atoms with Crippen molar-refractivity contribution in [2.24, 2.45) is 0 Å². The summed E-state index contributed by atoms with van der Waals surface area (Å²) < 4.78 is 4.84. The molecule has 0 saturated carbocycles. The molecule has 116 valence electrons.